The lowest BCUT2D eigenvalue weighted by atomic mass is 9.67. The summed E-state index contributed by atoms with van der Waals surface area (Å²) in [5.74, 6) is 2.98. The lowest BCUT2D eigenvalue weighted by Gasteiger charge is -2.42. The third-order valence-corrected chi connectivity index (χ3v) is 5.79. The number of aliphatic imine (C=N–C) groups is 1. The number of rotatable bonds is 8. The number of methoxy groups -OCH3 is 1. The third kappa shape index (κ3) is 6.04. The Morgan fingerprint density at radius 2 is 2.04 bits per heavy atom. The van der Waals surface area contributed by atoms with Crippen molar-refractivity contribution in [2.24, 2.45) is 10.4 Å². The molecule has 154 valence electrons. The zero-order valence-electron chi connectivity index (χ0n) is 16.8. The standard InChI is InChI=1S/C19H34N6O.HI/c1-3-20-18(22-15-19(9-7-10-19)11-13-26-2)21-14-17-24-23-16-8-5-4-6-12-25(16)17;/h3-15H2,1-2H3,(H2,20,21,22);1H. The maximum Gasteiger partial charge on any atom is 0.191 e. The molecular weight excluding hydrogens is 455 g/mol. The molecule has 0 unspecified atom stereocenters. The fourth-order valence-electron chi connectivity index (χ4n) is 3.94. The molecule has 0 radical (unpaired) electrons. The molecule has 2 N–H and O–H groups in total. The van der Waals surface area contributed by atoms with Crippen molar-refractivity contribution in [1.82, 2.24) is 25.4 Å². The summed E-state index contributed by atoms with van der Waals surface area (Å²) >= 11 is 0. The van der Waals surface area contributed by atoms with Crippen LogP contribution < -0.4 is 10.6 Å². The van der Waals surface area contributed by atoms with Crippen molar-refractivity contribution < 1.29 is 4.74 Å². The van der Waals surface area contributed by atoms with E-state index >= 15 is 0 Å². The van der Waals surface area contributed by atoms with Crippen LogP contribution in [0.4, 0.5) is 0 Å². The normalized spacial score (nSPS) is 18.7. The van der Waals surface area contributed by atoms with Gasteiger partial charge in [-0.25, -0.2) is 4.99 Å². The first-order chi connectivity index (χ1) is 12.8. The molecule has 1 aromatic rings. The molecule has 8 heteroatoms. The Kier molecular flexibility index (Phi) is 9.28. The number of fused-ring (bicyclic) bond motifs is 1. The van der Waals surface area contributed by atoms with E-state index in [1.54, 1.807) is 7.11 Å². The molecule has 0 aromatic carbocycles. The van der Waals surface area contributed by atoms with Gasteiger partial charge in [0.05, 0.1) is 0 Å². The van der Waals surface area contributed by atoms with E-state index in [1.807, 2.05) is 0 Å². The van der Waals surface area contributed by atoms with E-state index in [2.05, 4.69) is 32.3 Å². The van der Waals surface area contributed by atoms with Gasteiger partial charge in [-0.1, -0.05) is 12.8 Å². The first-order valence-corrected chi connectivity index (χ1v) is 10.2. The molecule has 1 aliphatic carbocycles. The summed E-state index contributed by atoms with van der Waals surface area (Å²) in [6.07, 6.45) is 9.74. The van der Waals surface area contributed by atoms with Crippen LogP contribution in [0.1, 0.15) is 63.5 Å². The van der Waals surface area contributed by atoms with Crippen molar-refractivity contribution in [3.8, 4) is 0 Å². The van der Waals surface area contributed by atoms with Crippen molar-refractivity contribution in [1.29, 1.82) is 0 Å². The molecule has 1 saturated carbocycles. The molecule has 0 bridgehead atoms. The Morgan fingerprint density at radius 1 is 1.19 bits per heavy atom. The lowest BCUT2D eigenvalue weighted by molar-refractivity contribution is 0.0732. The van der Waals surface area contributed by atoms with E-state index in [1.165, 1.54) is 38.5 Å². The van der Waals surface area contributed by atoms with Crippen molar-refractivity contribution in [2.45, 2.75) is 71.4 Å². The first kappa shape index (κ1) is 22.4. The highest BCUT2D eigenvalue weighted by Gasteiger charge is 2.36. The van der Waals surface area contributed by atoms with Gasteiger partial charge in [0.1, 0.15) is 12.4 Å². The molecule has 2 heterocycles. The average molecular weight is 490 g/mol. The highest BCUT2D eigenvalue weighted by Crippen LogP contribution is 2.43. The second kappa shape index (κ2) is 11.2. The summed E-state index contributed by atoms with van der Waals surface area (Å²) < 4.78 is 7.57. The van der Waals surface area contributed by atoms with E-state index in [0.717, 1.165) is 56.7 Å². The highest BCUT2D eigenvalue weighted by molar-refractivity contribution is 14.0. The second-order valence-corrected chi connectivity index (χ2v) is 7.64. The van der Waals surface area contributed by atoms with E-state index in [0.29, 0.717) is 12.0 Å². The van der Waals surface area contributed by atoms with Crippen LogP contribution in [-0.4, -0.2) is 47.5 Å². The summed E-state index contributed by atoms with van der Waals surface area (Å²) in [4.78, 5) is 4.78. The smallest absolute Gasteiger partial charge is 0.191 e. The maximum atomic E-state index is 5.30. The molecule has 1 aromatic heterocycles. The zero-order valence-corrected chi connectivity index (χ0v) is 19.1. The van der Waals surface area contributed by atoms with Crippen LogP contribution >= 0.6 is 24.0 Å². The number of aryl methyl sites for hydroxylation is 1. The predicted octanol–water partition coefficient (Wildman–Crippen LogP) is 2.88. The van der Waals surface area contributed by atoms with Crippen LogP contribution in [0, 0.1) is 5.41 Å². The van der Waals surface area contributed by atoms with Crippen molar-refractivity contribution in [3.63, 3.8) is 0 Å². The van der Waals surface area contributed by atoms with Gasteiger partial charge >= 0.3 is 0 Å². The molecule has 1 aliphatic heterocycles. The van der Waals surface area contributed by atoms with Crippen LogP contribution in [0.15, 0.2) is 4.99 Å². The predicted molar refractivity (Wildman–Crippen MR) is 119 cm³/mol. The first-order valence-electron chi connectivity index (χ1n) is 10.2. The van der Waals surface area contributed by atoms with E-state index < -0.39 is 0 Å². The van der Waals surface area contributed by atoms with Gasteiger partial charge in [0.15, 0.2) is 11.8 Å². The number of hydrogen-bond acceptors (Lipinski definition) is 4. The SMILES string of the molecule is CCNC(=NCc1nnc2n1CCCCC2)NCC1(CCOC)CCC1.I. The minimum absolute atomic E-state index is 0. The van der Waals surface area contributed by atoms with Gasteiger partial charge < -0.3 is 19.9 Å². The molecule has 0 saturated heterocycles. The molecule has 1 fully saturated rings. The molecular formula is C19H35IN6O. The van der Waals surface area contributed by atoms with Crippen LogP contribution in [0.5, 0.6) is 0 Å². The van der Waals surface area contributed by atoms with Gasteiger partial charge in [0.25, 0.3) is 0 Å². The quantitative estimate of drug-likeness (QED) is 0.333. The van der Waals surface area contributed by atoms with Gasteiger partial charge in [0.2, 0.25) is 0 Å². The van der Waals surface area contributed by atoms with Crippen LogP contribution in [-0.2, 0) is 24.2 Å². The lowest BCUT2D eigenvalue weighted by Crippen LogP contribution is -2.47. The largest absolute Gasteiger partial charge is 0.385 e. The Morgan fingerprint density at radius 3 is 2.74 bits per heavy atom. The van der Waals surface area contributed by atoms with Crippen molar-refractivity contribution in [2.75, 3.05) is 26.8 Å². The number of guanidine groups is 1. The summed E-state index contributed by atoms with van der Waals surface area (Å²) in [5.41, 5.74) is 0.373. The fourth-order valence-corrected chi connectivity index (χ4v) is 3.94. The average Bonchev–Trinajstić information content (AvgIpc) is 2.84. The van der Waals surface area contributed by atoms with Crippen LogP contribution in [0.2, 0.25) is 0 Å². The Balaban J connectivity index is 0.00000261. The van der Waals surface area contributed by atoms with Crippen LogP contribution in [0.25, 0.3) is 0 Å². The van der Waals surface area contributed by atoms with Gasteiger partial charge in [-0.3, -0.25) is 0 Å². The van der Waals surface area contributed by atoms with Gasteiger partial charge in [0, 0.05) is 39.8 Å². The Labute approximate surface area is 180 Å². The molecule has 3 rings (SSSR count). The van der Waals surface area contributed by atoms with Gasteiger partial charge in [-0.05, 0) is 44.4 Å². The second-order valence-electron chi connectivity index (χ2n) is 7.64. The van der Waals surface area contributed by atoms with Crippen molar-refractivity contribution >= 4 is 29.9 Å². The summed E-state index contributed by atoms with van der Waals surface area (Å²) in [6.45, 7) is 6.35. The number of nitrogens with zero attached hydrogens (tertiary/aromatic N) is 4. The maximum absolute atomic E-state index is 5.30. The third-order valence-electron chi connectivity index (χ3n) is 5.79. The monoisotopic (exact) mass is 490 g/mol. The number of ether oxygens (including phenoxy) is 1. The number of hydrogen-bond donors (Lipinski definition) is 2. The minimum atomic E-state index is 0. The molecule has 0 amide bonds. The van der Waals surface area contributed by atoms with Crippen LogP contribution in [0.3, 0.4) is 0 Å². The van der Waals surface area contributed by atoms with E-state index in [-0.39, 0.29) is 24.0 Å². The summed E-state index contributed by atoms with van der Waals surface area (Å²) in [5, 5.41) is 15.7. The Hall–Kier alpha value is -0.900. The van der Waals surface area contributed by atoms with E-state index in [4.69, 9.17) is 9.73 Å². The fraction of sp³-hybridized carbons (Fsp3) is 0.842. The summed E-state index contributed by atoms with van der Waals surface area (Å²) in [7, 11) is 1.78. The molecule has 2 aliphatic rings. The number of halogens is 1. The molecule has 7 nitrogen and oxygen atoms in total. The Bertz CT molecular complexity index is 599. The minimum Gasteiger partial charge on any atom is -0.385 e. The van der Waals surface area contributed by atoms with E-state index in [9.17, 15) is 0 Å². The highest BCUT2D eigenvalue weighted by atomic mass is 127. The summed E-state index contributed by atoms with van der Waals surface area (Å²) in [6, 6.07) is 0. The van der Waals surface area contributed by atoms with Crippen molar-refractivity contribution in [3.05, 3.63) is 11.6 Å². The molecule has 0 atom stereocenters. The zero-order chi connectivity index (χ0) is 18.2. The van der Waals surface area contributed by atoms with Gasteiger partial charge in [-0.2, -0.15) is 0 Å². The molecule has 0 spiro atoms. The number of aromatic nitrogens is 3. The topological polar surface area (TPSA) is 76.4 Å². The number of nitrogens with one attached hydrogen (secondary N) is 2. The van der Waals surface area contributed by atoms with Gasteiger partial charge in [-0.15, -0.1) is 34.2 Å². The molecule has 27 heavy (non-hydrogen) atoms.